The molecule has 4 rings (SSSR count). The number of carbonyl (C=O) groups is 2. The largest absolute Gasteiger partial charge is 0.444 e. The first kappa shape index (κ1) is 24.8. The number of fused-ring (bicyclic) bond motifs is 1. The number of likely N-dealkylation sites (tertiary alicyclic amines) is 1. The van der Waals surface area contributed by atoms with Crippen LogP contribution in [0.3, 0.4) is 0 Å². The van der Waals surface area contributed by atoms with Gasteiger partial charge >= 0.3 is 6.09 Å². The molecule has 2 N–H and O–H groups in total. The van der Waals surface area contributed by atoms with Gasteiger partial charge in [-0.3, -0.25) is 9.78 Å². The van der Waals surface area contributed by atoms with Gasteiger partial charge in [0.25, 0.3) is 5.91 Å². The number of nitrogens with two attached hydrogens (primary N) is 1. The van der Waals surface area contributed by atoms with Crippen LogP contribution in [0.5, 0.6) is 0 Å². The first-order valence-electron chi connectivity index (χ1n) is 11.5. The quantitative estimate of drug-likeness (QED) is 0.619. The molecule has 34 heavy (non-hydrogen) atoms. The van der Waals surface area contributed by atoms with E-state index in [1.165, 1.54) is 0 Å². The highest BCUT2D eigenvalue weighted by molar-refractivity contribution is 6.36. The highest BCUT2D eigenvalue weighted by Gasteiger charge is 2.39. The monoisotopic (exact) mass is 504 g/mol. The average Bonchev–Trinajstić information content (AvgIpc) is 3.31. The molecule has 2 aliphatic rings. The van der Waals surface area contributed by atoms with Gasteiger partial charge in [0.15, 0.2) is 0 Å². The van der Waals surface area contributed by atoms with Crippen molar-refractivity contribution in [3.8, 4) is 11.1 Å². The zero-order chi connectivity index (χ0) is 24.8. The second-order valence-electron chi connectivity index (χ2n) is 9.86. The standard InChI is InChI=1S/C25H30Cl2N4O3/c1-14-18(11-28)21(17-8-7-15(26)10-19(17)27)22-20(29-14)13-30(23(22)32)12-16-6-5-9-31(16)24(33)34-25(2,3)4/h7-8,10,16H,5-6,9,11-13,28H2,1-4H3. The van der Waals surface area contributed by atoms with E-state index >= 15 is 0 Å². The van der Waals surface area contributed by atoms with E-state index in [0.717, 1.165) is 29.7 Å². The van der Waals surface area contributed by atoms with Crippen LogP contribution in [0.15, 0.2) is 18.2 Å². The van der Waals surface area contributed by atoms with E-state index in [4.69, 9.17) is 38.7 Å². The molecule has 1 aromatic carbocycles. The lowest BCUT2D eigenvalue weighted by Crippen LogP contribution is -2.45. The number of hydrogen-bond acceptors (Lipinski definition) is 5. The lowest BCUT2D eigenvalue weighted by atomic mass is 9.93. The van der Waals surface area contributed by atoms with Gasteiger partial charge in [-0.1, -0.05) is 29.3 Å². The molecule has 1 aromatic heterocycles. The van der Waals surface area contributed by atoms with E-state index < -0.39 is 5.60 Å². The van der Waals surface area contributed by atoms with Crippen molar-refractivity contribution in [3.63, 3.8) is 0 Å². The highest BCUT2D eigenvalue weighted by Crippen LogP contribution is 2.40. The molecule has 3 heterocycles. The van der Waals surface area contributed by atoms with Crippen LogP contribution in [-0.4, -0.2) is 51.5 Å². The maximum absolute atomic E-state index is 13.7. The van der Waals surface area contributed by atoms with Gasteiger partial charge in [0, 0.05) is 46.5 Å². The van der Waals surface area contributed by atoms with Crippen molar-refractivity contribution in [2.45, 2.75) is 65.3 Å². The molecule has 2 aliphatic heterocycles. The van der Waals surface area contributed by atoms with Crippen molar-refractivity contribution in [1.82, 2.24) is 14.8 Å². The van der Waals surface area contributed by atoms with Crippen LogP contribution in [0.25, 0.3) is 11.1 Å². The maximum atomic E-state index is 13.7. The molecule has 0 aliphatic carbocycles. The summed E-state index contributed by atoms with van der Waals surface area (Å²) in [6.45, 7) is 9.08. The van der Waals surface area contributed by atoms with Crippen LogP contribution in [-0.2, 0) is 17.8 Å². The molecule has 1 unspecified atom stereocenters. The molecule has 9 heteroatoms. The number of halogens is 2. The van der Waals surface area contributed by atoms with Gasteiger partial charge in [-0.15, -0.1) is 0 Å². The predicted octanol–water partition coefficient (Wildman–Crippen LogP) is 5.18. The Morgan fingerprint density at radius 2 is 2.00 bits per heavy atom. The lowest BCUT2D eigenvalue weighted by molar-refractivity contribution is 0.0193. The normalized spacial score (nSPS) is 18.0. The first-order valence-corrected chi connectivity index (χ1v) is 12.2. The van der Waals surface area contributed by atoms with Gasteiger partial charge in [0.1, 0.15) is 5.60 Å². The summed E-state index contributed by atoms with van der Waals surface area (Å²) in [6, 6.07) is 5.12. The fourth-order valence-corrected chi connectivity index (χ4v) is 5.29. The van der Waals surface area contributed by atoms with E-state index in [1.54, 1.807) is 21.9 Å². The molecule has 1 atom stereocenters. The summed E-state index contributed by atoms with van der Waals surface area (Å²) in [7, 11) is 0. The van der Waals surface area contributed by atoms with Gasteiger partial charge in [0.2, 0.25) is 0 Å². The highest BCUT2D eigenvalue weighted by atomic mass is 35.5. The summed E-state index contributed by atoms with van der Waals surface area (Å²) in [5.74, 6) is -0.130. The molecule has 0 bridgehead atoms. The SMILES string of the molecule is Cc1nc2c(c(-c3ccc(Cl)cc3Cl)c1CN)C(=O)N(CC1CCCN1C(=O)OC(C)(C)C)C2. The summed E-state index contributed by atoms with van der Waals surface area (Å²) in [4.78, 5) is 34.6. The molecule has 7 nitrogen and oxygen atoms in total. The number of benzene rings is 1. The number of carbonyl (C=O) groups excluding carboxylic acids is 2. The van der Waals surface area contributed by atoms with Crippen molar-refractivity contribution in [3.05, 3.63) is 50.8 Å². The molecule has 182 valence electrons. The molecule has 0 spiro atoms. The molecule has 1 saturated heterocycles. The van der Waals surface area contributed by atoms with Crippen molar-refractivity contribution in [2.24, 2.45) is 5.73 Å². The lowest BCUT2D eigenvalue weighted by Gasteiger charge is -2.30. The Bertz CT molecular complexity index is 1150. The summed E-state index contributed by atoms with van der Waals surface area (Å²) >= 11 is 12.7. The topological polar surface area (TPSA) is 88.8 Å². The molecular weight excluding hydrogens is 475 g/mol. The fraction of sp³-hybridized carbons (Fsp3) is 0.480. The van der Waals surface area contributed by atoms with E-state index in [9.17, 15) is 9.59 Å². The second-order valence-corrected chi connectivity index (χ2v) is 10.7. The van der Waals surface area contributed by atoms with Crippen molar-refractivity contribution in [1.29, 1.82) is 0 Å². The van der Waals surface area contributed by atoms with Crippen LogP contribution in [0.4, 0.5) is 4.79 Å². The van der Waals surface area contributed by atoms with Gasteiger partial charge in [-0.05, 0) is 58.2 Å². The van der Waals surface area contributed by atoms with Crippen LogP contribution in [0.2, 0.25) is 10.0 Å². The minimum Gasteiger partial charge on any atom is -0.444 e. The number of hydrogen-bond donors (Lipinski definition) is 1. The summed E-state index contributed by atoms with van der Waals surface area (Å²) in [6.07, 6.45) is 1.35. The molecule has 0 saturated carbocycles. The third-order valence-corrected chi connectivity index (χ3v) is 6.81. The van der Waals surface area contributed by atoms with E-state index in [-0.39, 0.29) is 24.6 Å². The summed E-state index contributed by atoms with van der Waals surface area (Å²) in [5.41, 5.74) is 9.72. The molecular formula is C25H30Cl2N4O3. The van der Waals surface area contributed by atoms with Crippen LogP contribution in [0, 0.1) is 6.92 Å². The van der Waals surface area contributed by atoms with E-state index in [2.05, 4.69) is 0 Å². The Kier molecular flexibility index (Phi) is 6.82. The minimum atomic E-state index is -0.573. The van der Waals surface area contributed by atoms with Crippen LogP contribution >= 0.6 is 23.2 Å². The van der Waals surface area contributed by atoms with Crippen molar-refractivity contribution >= 4 is 35.2 Å². The molecule has 1 fully saturated rings. The number of amides is 2. The number of nitrogens with zero attached hydrogens (tertiary/aromatic N) is 3. The number of ether oxygens (including phenoxy) is 1. The van der Waals surface area contributed by atoms with Gasteiger partial charge in [0.05, 0.1) is 23.8 Å². The van der Waals surface area contributed by atoms with Gasteiger partial charge in [-0.2, -0.15) is 0 Å². The van der Waals surface area contributed by atoms with Crippen molar-refractivity contribution in [2.75, 3.05) is 13.1 Å². The van der Waals surface area contributed by atoms with Gasteiger partial charge < -0.3 is 20.3 Å². The number of aromatic nitrogens is 1. The number of aryl methyl sites for hydroxylation is 1. The molecule has 0 radical (unpaired) electrons. The number of rotatable bonds is 4. The summed E-state index contributed by atoms with van der Waals surface area (Å²) < 4.78 is 5.58. The van der Waals surface area contributed by atoms with E-state index in [0.29, 0.717) is 46.5 Å². The zero-order valence-electron chi connectivity index (χ0n) is 20.0. The van der Waals surface area contributed by atoms with Crippen LogP contribution in [0.1, 0.15) is 60.9 Å². The molecule has 2 aromatic rings. The van der Waals surface area contributed by atoms with E-state index in [1.807, 2.05) is 33.8 Å². The Balaban J connectivity index is 1.66. The van der Waals surface area contributed by atoms with Crippen LogP contribution < -0.4 is 5.73 Å². The fourth-order valence-electron chi connectivity index (χ4n) is 4.78. The first-order chi connectivity index (χ1) is 16.0. The average molecular weight is 505 g/mol. The minimum absolute atomic E-state index is 0.106. The van der Waals surface area contributed by atoms with Gasteiger partial charge in [-0.25, -0.2) is 4.79 Å². The third-order valence-electron chi connectivity index (χ3n) is 6.26. The maximum Gasteiger partial charge on any atom is 0.410 e. The number of pyridine rings is 1. The third kappa shape index (κ3) is 4.74. The Morgan fingerprint density at radius 3 is 2.65 bits per heavy atom. The molecule has 2 amide bonds. The Morgan fingerprint density at radius 1 is 1.26 bits per heavy atom. The van der Waals surface area contributed by atoms with Crippen molar-refractivity contribution < 1.29 is 14.3 Å². The zero-order valence-corrected chi connectivity index (χ0v) is 21.5. The second kappa shape index (κ2) is 9.36. The Labute approximate surface area is 210 Å². The summed E-state index contributed by atoms with van der Waals surface area (Å²) in [5, 5.41) is 0.968. The smallest absolute Gasteiger partial charge is 0.410 e. The Hall–Kier alpha value is -2.35. The predicted molar refractivity (Wildman–Crippen MR) is 133 cm³/mol.